The van der Waals surface area contributed by atoms with Gasteiger partial charge in [0, 0.05) is 18.4 Å². The molecule has 0 saturated carbocycles. The van der Waals surface area contributed by atoms with Crippen LogP contribution in [0.1, 0.15) is 12.0 Å². The summed E-state index contributed by atoms with van der Waals surface area (Å²) in [7, 11) is 0. The Morgan fingerprint density at radius 1 is 1.25 bits per heavy atom. The first-order chi connectivity index (χ1) is 7.74. The van der Waals surface area contributed by atoms with Crippen molar-refractivity contribution in [3.05, 3.63) is 45.8 Å². The molecule has 0 radical (unpaired) electrons. The van der Waals surface area contributed by atoms with E-state index in [0.717, 1.165) is 25.1 Å². The molecular weight excluding hydrogens is 313 g/mol. The third kappa shape index (κ3) is 3.23. The van der Waals surface area contributed by atoms with Crippen molar-refractivity contribution in [2.75, 3.05) is 5.73 Å². The first-order valence-corrected chi connectivity index (χ1v) is 6.34. The number of nitrogens with zero attached hydrogens (tertiary/aromatic N) is 2. The molecule has 0 aliphatic carbocycles. The Morgan fingerprint density at radius 2 is 2.00 bits per heavy atom. The van der Waals surface area contributed by atoms with Crippen LogP contribution < -0.4 is 5.73 Å². The summed E-state index contributed by atoms with van der Waals surface area (Å²) in [6.45, 7) is 0.966. The van der Waals surface area contributed by atoms with Gasteiger partial charge < -0.3 is 5.73 Å². The first kappa shape index (κ1) is 11.4. The van der Waals surface area contributed by atoms with Crippen LogP contribution in [-0.2, 0) is 13.0 Å². The van der Waals surface area contributed by atoms with Crippen molar-refractivity contribution < 1.29 is 0 Å². The van der Waals surface area contributed by atoms with Gasteiger partial charge in [-0.1, -0.05) is 12.1 Å². The minimum atomic E-state index is 0.824. The van der Waals surface area contributed by atoms with Gasteiger partial charge in [0.25, 0.3) is 0 Å². The molecule has 3 nitrogen and oxygen atoms in total. The Morgan fingerprint density at radius 3 is 2.62 bits per heavy atom. The number of nitrogens with two attached hydrogens (primary N) is 1. The number of benzene rings is 1. The zero-order valence-electron chi connectivity index (χ0n) is 8.94. The first-order valence-electron chi connectivity index (χ1n) is 5.26. The molecule has 84 valence electrons. The number of nitrogen functional groups attached to an aromatic ring is 1. The largest absolute Gasteiger partial charge is 0.399 e. The molecule has 0 fully saturated rings. The Balaban J connectivity index is 1.82. The Bertz CT molecular complexity index is 448. The van der Waals surface area contributed by atoms with Crippen molar-refractivity contribution in [3.8, 4) is 0 Å². The summed E-state index contributed by atoms with van der Waals surface area (Å²) < 4.78 is 3.17. The van der Waals surface area contributed by atoms with Crippen LogP contribution in [0.25, 0.3) is 0 Å². The number of rotatable bonds is 4. The lowest BCUT2D eigenvalue weighted by Gasteiger charge is -2.02. The van der Waals surface area contributed by atoms with E-state index in [1.54, 1.807) is 0 Å². The van der Waals surface area contributed by atoms with Crippen LogP contribution in [0.2, 0.25) is 0 Å². The summed E-state index contributed by atoms with van der Waals surface area (Å²) in [6.07, 6.45) is 6.10. The lowest BCUT2D eigenvalue weighted by atomic mass is 10.1. The lowest BCUT2D eigenvalue weighted by Crippen LogP contribution is -1.99. The van der Waals surface area contributed by atoms with E-state index >= 15 is 0 Å². The van der Waals surface area contributed by atoms with E-state index < -0.39 is 0 Å². The minimum absolute atomic E-state index is 0.824. The quantitative estimate of drug-likeness (QED) is 0.693. The second-order valence-electron chi connectivity index (χ2n) is 3.77. The zero-order valence-corrected chi connectivity index (χ0v) is 11.1. The third-order valence-electron chi connectivity index (χ3n) is 2.43. The molecule has 1 aromatic carbocycles. The Labute approximate surface area is 109 Å². The summed E-state index contributed by atoms with van der Waals surface area (Å²) in [5.41, 5.74) is 7.79. The van der Waals surface area contributed by atoms with E-state index in [1.807, 2.05) is 23.0 Å². The molecule has 2 aromatic rings. The molecule has 0 atom stereocenters. The van der Waals surface area contributed by atoms with E-state index in [0.29, 0.717) is 0 Å². The average molecular weight is 327 g/mol. The van der Waals surface area contributed by atoms with Gasteiger partial charge in [0.1, 0.15) is 0 Å². The van der Waals surface area contributed by atoms with E-state index in [-0.39, 0.29) is 0 Å². The molecule has 0 bridgehead atoms. The maximum Gasteiger partial charge on any atom is 0.0623 e. The molecule has 16 heavy (non-hydrogen) atoms. The molecule has 4 heteroatoms. The predicted octanol–water partition coefficient (Wildman–Crippen LogP) is 2.70. The number of hydrogen-bond donors (Lipinski definition) is 1. The Hall–Kier alpha value is -1.04. The topological polar surface area (TPSA) is 43.8 Å². The standard InChI is InChI=1S/C12H14IN3/c13-11-8-15-16(9-11)7-1-2-10-3-5-12(14)6-4-10/h3-6,8-9H,1-2,7,14H2. The molecule has 1 heterocycles. The molecule has 0 spiro atoms. The van der Waals surface area contributed by atoms with Crippen LogP contribution in [0.15, 0.2) is 36.7 Å². The van der Waals surface area contributed by atoms with Gasteiger partial charge in [-0.05, 0) is 53.1 Å². The van der Waals surface area contributed by atoms with Crippen molar-refractivity contribution in [1.29, 1.82) is 0 Å². The monoisotopic (exact) mass is 327 g/mol. The molecule has 0 aliphatic heterocycles. The fourth-order valence-corrected chi connectivity index (χ4v) is 2.04. The van der Waals surface area contributed by atoms with Crippen LogP contribution in [0.3, 0.4) is 0 Å². The van der Waals surface area contributed by atoms with Gasteiger partial charge in [-0.25, -0.2) is 0 Å². The minimum Gasteiger partial charge on any atom is -0.399 e. The molecular formula is C12H14IN3. The smallest absolute Gasteiger partial charge is 0.0623 e. The maximum atomic E-state index is 5.63. The van der Waals surface area contributed by atoms with Crippen molar-refractivity contribution >= 4 is 28.3 Å². The van der Waals surface area contributed by atoms with Gasteiger partial charge in [-0.15, -0.1) is 0 Å². The number of hydrogen-bond acceptors (Lipinski definition) is 2. The summed E-state index contributed by atoms with van der Waals surface area (Å²) in [5, 5.41) is 4.25. The predicted molar refractivity (Wildman–Crippen MR) is 74.1 cm³/mol. The van der Waals surface area contributed by atoms with Gasteiger partial charge in [-0.3, -0.25) is 4.68 Å². The van der Waals surface area contributed by atoms with E-state index in [4.69, 9.17) is 5.73 Å². The summed E-state index contributed by atoms with van der Waals surface area (Å²) in [5.74, 6) is 0. The third-order valence-corrected chi connectivity index (χ3v) is 2.99. The van der Waals surface area contributed by atoms with Crippen LogP contribution in [0.4, 0.5) is 5.69 Å². The van der Waals surface area contributed by atoms with Gasteiger partial charge in [-0.2, -0.15) is 5.10 Å². The van der Waals surface area contributed by atoms with Crippen molar-refractivity contribution in [1.82, 2.24) is 9.78 Å². The fourth-order valence-electron chi connectivity index (χ4n) is 1.59. The SMILES string of the molecule is Nc1ccc(CCCn2cc(I)cn2)cc1. The van der Waals surface area contributed by atoms with Crippen molar-refractivity contribution in [3.63, 3.8) is 0 Å². The van der Waals surface area contributed by atoms with E-state index in [1.165, 1.54) is 9.13 Å². The molecule has 2 rings (SSSR count). The fraction of sp³-hybridized carbons (Fsp3) is 0.250. The highest BCUT2D eigenvalue weighted by Crippen LogP contribution is 2.08. The van der Waals surface area contributed by atoms with Crippen molar-refractivity contribution in [2.24, 2.45) is 0 Å². The van der Waals surface area contributed by atoms with Crippen LogP contribution in [0, 0.1) is 3.57 Å². The Kier molecular flexibility index (Phi) is 3.82. The summed E-state index contributed by atoms with van der Waals surface area (Å²) >= 11 is 2.27. The summed E-state index contributed by atoms with van der Waals surface area (Å²) in [4.78, 5) is 0. The van der Waals surface area contributed by atoms with Gasteiger partial charge >= 0.3 is 0 Å². The van der Waals surface area contributed by atoms with E-state index in [9.17, 15) is 0 Å². The molecule has 0 aliphatic rings. The summed E-state index contributed by atoms with van der Waals surface area (Å²) in [6, 6.07) is 8.07. The highest BCUT2D eigenvalue weighted by atomic mass is 127. The van der Waals surface area contributed by atoms with Gasteiger partial charge in [0.2, 0.25) is 0 Å². The normalized spacial score (nSPS) is 10.6. The van der Waals surface area contributed by atoms with Crippen LogP contribution in [0.5, 0.6) is 0 Å². The second-order valence-corrected chi connectivity index (χ2v) is 5.01. The molecule has 2 N–H and O–H groups in total. The van der Waals surface area contributed by atoms with Crippen molar-refractivity contribution in [2.45, 2.75) is 19.4 Å². The van der Waals surface area contributed by atoms with Crippen LogP contribution >= 0.6 is 22.6 Å². The van der Waals surface area contributed by atoms with E-state index in [2.05, 4.69) is 46.0 Å². The van der Waals surface area contributed by atoms with Crippen LogP contribution in [-0.4, -0.2) is 9.78 Å². The van der Waals surface area contributed by atoms with Gasteiger partial charge in [0.15, 0.2) is 0 Å². The number of anilines is 1. The van der Waals surface area contributed by atoms with Gasteiger partial charge in [0.05, 0.1) is 9.77 Å². The molecule has 1 aromatic heterocycles. The number of halogens is 1. The molecule has 0 unspecified atom stereocenters. The zero-order chi connectivity index (χ0) is 11.4. The lowest BCUT2D eigenvalue weighted by molar-refractivity contribution is 0.578. The number of aromatic nitrogens is 2. The molecule has 0 saturated heterocycles. The second kappa shape index (κ2) is 5.34. The molecule has 0 amide bonds. The highest BCUT2D eigenvalue weighted by molar-refractivity contribution is 14.1. The average Bonchev–Trinajstić information content (AvgIpc) is 2.67. The maximum absolute atomic E-state index is 5.63. The highest BCUT2D eigenvalue weighted by Gasteiger charge is 1.96. The number of aryl methyl sites for hydroxylation is 2.